The van der Waals surface area contributed by atoms with Crippen LogP contribution in [0, 0.1) is 0 Å². The van der Waals surface area contributed by atoms with E-state index in [1.165, 1.54) is 31.4 Å². The van der Waals surface area contributed by atoms with E-state index in [-0.39, 0.29) is 17.3 Å². The molecule has 0 spiro atoms. The third kappa shape index (κ3) is 5.31. The highest BCUT2D eigenvalue weighted by Crippen LogP contribution is 2.30. The number of methoxy groups -OCH3 is 1. The molecule has 0 saturated heterocycles. The Morgan fingerprint density at radius 2 is 1.84 bits per heavy atom. The second kappa shape index (κ2) is 8.82. The number of rotatable bonds is 8. The van der Waals surface area contributed by atoms with E-state index in [2.05, 4.69) is 4.74 Å². The molecular weight excluding hydrogens is 330 g/mol. The van der Waals surface area contributed by atoms with Gasteiger partial charge in [-0.25, -0.2) is 0 Å². The third-order valence-corrected chi connectivity index (χ3v) is 3.28. The van der Waals surface area contributed by atoms with Gasteiger partial charge in [0.25, 0.3) is 0 Å². The van der Waals surface area contributed by atoms with E-state index in [9.17, 15) is 13.6 Å². The molecule has 132 valence electrons. The summed E-state index contributed by atoms with van der Waals surface area (Å²) in [6.45, 7) is -0.533. The number of carbonyl (C=O) groups excluding carboxylic acids is 1. The number of carbonyl (C=O) groups is 1. The SMILES string of the molecule is CCOc1ccc(C(=O)/C=C/c2ccc(OC)c(OC(F)F)c2)cc1. The van der Waals surface area contributed by atoms with Gasteiger partial charge in [-0.1, -0.05) is 12.1 Å². The van der Waals surface area contributed by atoms with Crippen LogP contribution in [0.5, 0.6) is 17.2 Å². The van der Waals surface area contributed by atoms with E-state index >= 15 is 0 Å². The molecule has 2 aromatic carbocycles. The summed E-state index contributed by atoms with van der Waals surface area (Å²) in [6, 6.07) is 11.3. The van der Waals surface area contributed by atoms with Gasteiger partial charge >= 0.3 is 6.61 Å². The van der Waals surface area contributed by atoms with E-state index in [1.807, 2.05) is 6.92 Å². The fraction of sp³-hybridized carbons (Fsp3) is 0.211. The summed E-state index contributed by atoms with van der Waals surface area (Å²) in [4.78, 5) is 12.2. The number of benzene rings is 2. The first kappa shape index (κ1) is 18.4. The van der Waals surface area contributed by atoms with Crippen LogP contribution in [-0.4, -0.2) is 26.1 Å². The first-order chi connectivity index (χ1) is 12.0. The molecule has 6 heteroatoms. The van der Waals surface area contributed by atoms with Crippen molar-refractivity contribution < 1.29 is 27.8 Å². The van der Waals surface area contributed by atoms with Crippen molar-refractivity contribution in [2.45, 2.75) is 13.5 Å². The van der Waals surface area contributed by atoms with Crippen molar-refractivity contribution in [1.29, 1.82) is 0 Å². The molecule has 0 aliphatic rings. The summed E-state index contributed by atoms with van der Waals surface area (Å²) in [5.41, 5.74) is 1.04. The second-order valence-electron chi connectivity index (χ2n) is 4.94. The fourth-order valence-corrected chi connectivity index (χ4v) is 2.14. The summed E-state index contributed by atoms with van der Waals surface area (Å²) in [7, 11) is 1.36. The molecule has 0 saturated carbocycles. The minimum Gasteiger partial charge on any atom is -0.494 e. The number of hydrogen-bond acceptors (Lipinski definition) is 4. The standard InChI is InChI=1S/C19H18F2O4/c1-3-24-15-8-6-14(7-9-15)16(22)10-4-13-5-11-17(23-2)18(12-13)25-19(20)21/h4-12,19H,3H2,1-2H3/b10-4+. The highest BCUT2D eigenvalue weighted by atomic mass is 19.3. The Balaban J connectivity index is 2.13. The van der Waals surface area contributed by atoms with Gasteiger partial charge in [-0.15, -0.1) is 0 Å². The smallest absolute Gasteiger partial charge is 0.387 e. The van der Waals surface area contributed by atoms with Gasteiger partial charge in [0.05, 0.1) is 13.7 Å². The normalized spacial score (nSPS) is 10.9. The number of ketones is 1. The maximum absolute atomic E-state index is 12.4. The number of ether oxygens (including phenoxy) is 3. The number of hydrogen-bond donors (Lipinski definition) is 0. The minimum atomic E-state index is -2.96. The van der Waals surface area contributed by atoms with Crippen LogP contribution in [0.2, 0.25) is 0 Å². The highest BCUT2D eigenvalue weighted by Gasteiger charge is 2.10. The van der Waals surface area contributed by atoms with Crippen molar-refractivity contribution in [2.75, 3.05) is 13.7 Å². The van der Waals surface area contributed by atoms with Crippen molar-refractivity contribution in [2.24, 2.45) is 0 Å². The molecule has 0 bridgehead atoms. The zero-order valence-corrected chi connectivity index (χ0v) is 13.9. The average Bonchev–Trinajstić information content (AvgIpc) is 2.60. The van der Waals surface area contributed by atoms with Gasteiger partial charge in [-0.2, -0.15) is 8.78 Å². The van der Waals surface area contributed by atoms with Crippen molar-refractivity contribution in [3.05, 3.63) is 59.7 Å². The molecule has 0 amide bonds. The molecule has 0 aliphatic carbocycles. The highest BCUT2D eigenvalue weighted by molar-refractivity contribution is 6.06. The second-order valence-corrected chi connectivity index (χ2v) is 4.94. The quantitative estimate of drug-likeness (QED) is 0.517. The molecule has 0 heterocycles. The molecule has 4 nitrogen and oxygen atoms in total. The topological polar surface area (TPSA) is 44.8 Å². The largest absolute Gasteiger partial charge is 0.494 e. The summed E-state index contributed by atoms with van der Waals surface area (Å²) in [6.07, 6.45) is 2.89. The maximum atomic E-state index is 12.4. The molecule has 0 aliphatic heterocycles. The van der Waals surface area contributed by atoms with Gasteiger partial charge in [-0.05, 0) is 55.0 Å². The molecule has 2 rings (SSSR count). The van der Waals surface area contributed by atoms with E-state index in [0.29, 0.717) is 23.5 Å². The molecule has 2 aromatic rings. The van der Waals surface area contributed by atoms with Gasteiger partial charge in [0.2, 0.25) is 0 Å². The fourth-order valence-electron chi connectivity index (χ4n) is 2.14. The Bertz CT molecular complexity index is 740. The van der Waals surface area contributed by atoms with Gasteiger partial charge in [-0.3, -0.25) is 4.79 Å². The van der Waals surface area contributed by atoms with Crippen LogP contribution in [0.15, 0.2) is 48.5 Å². The van der Waals surface area contributed by atoms with Gasteiger partial charge in [0.15, 0.2) is 17.3 Å². The van der Waals surface area contributed by atoms with Crippen molar-refractivity contribution in [3.63, 3.8) is 0 Å². The van der Waals surface area contributed by atoms with Crippen molar-refractivity contribution in [1.82, 2.24) is 0 Å². The number of halogens is 2. The van der Waals surface area contributed by atoms with Gasteiger partial charge < -0.3 is 14.2 Å². The van der Waals surface area contributed by atoms with Crippen molar-refractivity contribution >= 4 is 11.9 Å². The summed E-state index contributed by atoms with van der Waals surface area (Å²) >= 11 is 0. The lowest BCUT2D eigenvalue weighted by Crippen LogP contribution is -2.03. The lowest BCUT2D eigenvalue weighted by molar-refractivity contribution is -0.0512. The van der Waals surface area contributed by atoms with Crippen LogP contribution in [0.3, 0.4) is 0 Å². The Morgan fingerprint density at radius 1 is 1.12 bits per heavy atom. The first-order valence-corrected chi connectivity index (χ1v) is 7.61. The van der Waals surface area contributed by atoms with Crippen LogP contribution in [-0.2, 0) is 0 Å². The predicted molar refractivity (Wildman–Crippen MR) is 90.6 cm³/mol. The van der Waals surface area contributed by atoms with Crippen molar-refractivity contribution in [3.8, 4) is 17.2 Å². The van der Waals surface area contributed by atoms with Crippen LogP contribution < -0.4 is 14.2 Å². The van der Waals surface area contributed by atoms with Crippen LogP contribution >= 0.6 is 0 Å². The Labute approximate surface area is 144 Å². The Hall–Kier alpha value is -2.89. The number of allylic oxidation sites excluding steroid dienone is 1. The summed E-state index contributed by atoms with van der Waals surface area (Å²) in [5, 5.41) is 0. The van der Waals surface area contributed by atoms with E-state index < -0.39 is 6.61 Å². The van der Waals surface area contributed by atoms with E-state index in [4.69, 9.17) is 9.47 Å². The lowest BCUT2D eigenvalue weighted by Gasteiger charge is -2.10. The molecule has 0 radical (unpaired) electrons. The minimum absolute atomic E-state index is 0.0897. The number of alkyl halides is 2. The molecule has 0 N–H and O–H groups in total. The van der Waals surface area contributed by atoms with Gasteiger partial charge in [0.1, 0.15) is 5.75 Å². The van der Waals surface area contributed by atoms with Gasteiger partial charge in [0, 0.05) is 5.56 Å². The Morgan fingerprint density at radius 3 is 2.44 bits per heavy atom. The predicted octanol–water partition coefficient (Wildman–Crippen LogP) is 4.59. The van der Waals surface area contributed by atoms with Crippen LogP contribution in [0.25, 0.3) is 6.08 Å². The van der Waals surface area contributed by atoms with E-state index in [1.54, 1.807) is 30.3 Å². The summed E-state index contributed by atoms with van der Waals surface area (Å²) < 4.78 is 39.6. The van der Waals surface area contributed by atoms with Crippen LogP contribution in [0.4, 0.5) is 8.78 Å². The zero-order chi connectivity index (χ0) is 18.2. The van der Waals surface area contributed by atoms with Crippen LogP contribution in [0.1, 0.15) is 22.8 Å². The maximum Gasteiger partial charge on any atom is 0.387 e. The monoisotopic (exact) mass is 348 g/mol. The molecule has 0 fully saturated rings. The molecule has 25 heavy (non-hydrogen) atoms. The third-order valence-electron chi connectivity index (χ3n) is 3.28. The van der Waals surface area contributed by atoms with E-state index in [0.717, 1.165) is 0 Å². The molecular formula is C19H18F2O4. The average molecular weight is 348 g/mol. The molecule has 0 atom stereocenters. The lowest BCUT2D eigenvalue weighted by atomic mass is 10.1. The molecule has 0 aromatic heterocycles. The molecule has 0 unspecified atom stereocenters. The summed E-state index contributed by atoms with van der Waals surface area (Å²) in [5.74, 6) is 0.575. The Kier molecular flexibility index (Phi) is 6.51. The zero-order valence-electron chi connectivity index (χ0n) is 13.9. The first-order valence-electron chi connectivity index (χ1n) is 7.61.